The fourth-order valence-electron chi connectivity index (χ4n) is 1.40. The average molecular weight is 292 g/mol. The highest BCUT2D eigenvalue weighted by Crippen LogP contribution is 2.31. The average Bonchev–Trinajstić information content (AvgIpc) is 2.30. The number of ether oxygens (including phenoxy) is 1. The molecule has 0 aromatic heterocycles. The molecule has 100 valence electrons. The molecule has 0 atom stereocenters. The summed E-state index contributed by atoms with van der Waals surface area (Å²) in [4.78, 5) is 11.5. The van der Waals surface area contributed by atoms with Gasteiger partial charge in [0.2, 0.25) is 0 Å². The summed E-state index contributed by atoms with van der Waals surface area (Å²) in [7, 11) is 1.32. The topological polar surface area (TPSA) is 58.6 Å². The van der Waals surface area contributed by atoms with E-state index < -0.39 is 11.5 Å². The van der Waals surface area contributed by atoms with Crippen molar-refractivity contribution < 1.29 is 14.6 Å². The van der Waals surface area contributed by atoms with Crippen LogP contribution in [0.2, 0.25) is 10.0 Å². The Labute approximate surface area is 116 Å². The second kappa shape index (κ2) is 5.78. The van der Waals surface area contributed by atoms with Crippen LogP contribution in [-0.4, -0.2) is 23.7 Å². The van der Waals surface area contributed by atoms with Gasteiger partial charge >= 0.3 is 5.97 Å². The van der Waals surface area contributed by atoms with Gasteiger partial charge in [-0.3, -0.25) is 10.1 Å². The molecule has 0 bridgehead atoms. The zero-order valence-corrected chi connectivity index (χ0v) is 11.9. The molecule has 0 spiro atoms. The zero-order chi connectivity index (χ0) is 13.9. The first kappa shape index (κ1) is 15.1. The molecule has 0 amide bonds. The number of methoxy groups -OCH3 is 1. The van der Waals surface area contributed by atoms with Gasteiger partial charge in [-0.05, 0) is 26.0 Å². The highest BCUT2D eigenvalue weighted by Gasteiger charge is 2.28. The smallest absolute Gasteiger partial charge is 0.325 e. The van der Waals surface area contributed by atoms with Gasteiger partial charge in [-0.15, -0.1) is 0 Å². The van der Waals surface area contributed by atoms with Crippen molar-refractivity contribution in [3.8, 4) is 5.75 Å². The Morgan fingerprint density at radius 1 is 1.44 bits per heavy atom. The van der Waals surface area contributed by atoms with Crippen molar-refractivity contribution in [2.45, 2.75) is 25.9 Å². The molecule has 0 aliphatic rings. The molecular formula is C12H15Cl2NO3. The second-order valence-electron chi connectivity index (χ2n) is 4.37. The Bertz CT molecular complexity index is 461. The van der Waals surface area contributed by atoms with E-state index >= 15 is 0 Å². The van der Waals surface area contributed by atoms with E-state index in [0.717, 1.165) is 0 Å². The molecule has 1 aromatic carbocycles. The highest BCUT2D eigenvalue weighted by molar-refractivity contribution is 6.35. The van der Waals surface area contributed by atoms with Gasteiger partial charge in [-0.25, -0.2) is 0 Å². The van der Waals surface area contributed by atoms with Crippen LogP contribution in [0.25, 0.3) is 0 Å². The molecule has 1 aromatic rings. The number of carbonyl (C=O) groups is 1. The number of phenolic OH excluding ortho intramolecular Hbond substituents is 1. The molecule has 0 heterocycles. The third-order valence-electron chi connectivity index (χ3n) is 2.52. The first-order valence-electron chi connectivity index (χ1n) is 5.28. The highest BCUT2D eigenvalue weighted by atomic mass is 35.5. The van der Waals surface area contributed by atoms with Gasteiger partial charge in [0, 0.05) is 17.1 Å². The summed E-state index contributed by atoms with van der Waals surface area (Å²) in [5, 5.41) is 13.3. The maximum absolute atomic E-state index is 11.5. The van der Waals surface area contributed by atoms with Gasteiger partial charge in [0.05, 0.1) is 12.1 Å². The number of halogens is 2. The molecule has 0 aliphatic carbocycles. The van der Waals surface area contributed by atoms with Crippen LogP contribution in [0.3, 0.4) is 0 Å². The standard InChI is InChI=1S/C12H15Cl2NO3/c1-12(2,11(17)18-3)15-6-7-4-8(13)5-9(14)10(7)16/h4-5,15-16H,6H2,1-3H3. The summed E-state index contributed by atoms with van der Waals surface area (Å²) < 4.78 is 4.67. The summed E-state index contributed by atoms with van der Waals surface area (Å²) in [6.07, 6.45) is 0. The maximum Gasteiger partial charge on any atom is 0.325 e. The fourth-order valence-corrected chi connectivity index (χ4v) is 1.93. The molecule has 0 aliphatic heterocycles. The number of aromatic hydroxyl groups is 1. The first-order valence-corrected chi connectivity index (χ1v) is 6.04. The molecule has 1 rings (SSSR count). The first-order chi connectivity index (χ1) is 8.27. The van der Waals surface area contributed by atoms with Gasteiger partial charge in [0.25, 0.3) is 0 Å². The molecule has 0 saturated carbocycles. The van der Waals surface area contributed by atoms with Crippen LogP contribution in [0.15, 0.2) is 12.1 Å². The molecule has 0 fully saturated rings. The lowest BCUT2D eigenvalue weighted by molar-refractivity contribution is -0.147. The van der Waals surface area contributed by atoms with Crippen LogP contribution in [0.5, 0.6) is 5.75 Å². The lowest BCUT2D eigenvalue weighted by Crippen LogP contribution is -2.46. The quantitative estimate of drug-likeness (QED) is 0.838. The lowest BCUT2D eigenvalue weighted by atomic mass is 10.1. The van der Waals surface area contributed by atoms with E-state index in [0.29, 0.717) is 10.6 Å². The minimum absolute atomic E-state index is 0.0470. The summed E-state index contributed by atoms with van der Waals surface area (Å²) in [6.45, 7) is 3.61. The molecule has 0 unspecified atom stereocenters. The van der Waals surface area contributed by atoms with Crippen molar-refractivity contribution in [1.29, 1.82) is 0 Å². The third-order valence-corrected chi connectivity index (χ3v) is 3.03. The maximum atomic E-state index is 11.5. The van der Waals surface area contributed by atoms with E-state index in [2.05, 4.69) is 10.1 Å². The number of hydrogen-bond acceptors (Lipinski definition) is 4. The predicted octanol–water partition coefficient (Wildman–Crippen LogP) is 2.74. The number of nitrogens with one attached hydrogen (secondary N) is 1. The van der Waals surface area contributed by atoms with E-state index in [9.17, 15) is 9.90 Å². The van der Waals surface area contributed by atoms with Crippen LogP contribution >= 0.6 is 23.2 Å². The Morgan fingerprint density at radius 3 is 2.61 bits per heavy atom. The molecule has 6 heteroatoms. The number of hydrogen-bond donors (Lipinski definition) is 2. The molecule has 18 heavy (non-hydrogen) atoms. The molecule has 2 N–H and O–H groups in total. The summed E-state index contributed by atoms with van der Waals surface area (Å²) in [5.74, 6) is -0.440. The molecule has 0 saturated heterocycles. The van der Waals surface area contributed by atoms with Gasteiger partial charge in [0.15, 0.2) is 0 Å². The van der Waals surface area contributed by atoms with Gasteiger partial charge < -0.3 is 9.84 Å². The van der Waals surface area contributed by atoms with Gasteiger partial charge in [-0.1, -0.05) is 23.2 Å². The predicted molar refractivity (Wildman–Crippen MR) is 71.1 cm³/mol. The lowest BCUT2D eigenvalue weighted by Gasteiger charge is -2.23. The zero-order valence-electron chi connectivity index (χ0n) is 10.4. The van der Waals surface area contributed by atoms with Crippen molar-refractivity contribution >= 4 is 29.2 Å². The SMILES string of the molecule is COC(=O)C(C)(C)NCc1cc(Cl)cc(Cl)c1O. The number of benzene rings is 1. The van der Waals surface area contributed by atoms with Crippen molar-refractivity contribution in [1.82, 2.24) is 5.32 Å². The van der Waals surface area contributed by atoms with Gasteiger partial charge in [0.1, 0.15) is 11.3 Å². The largest absolute Gasteiger partial charge is 0.506 e. The Kier molecular flexibility index (Phi) is 4.85. The normalized spacial score (nSPS) is 11.4. The van der Waals surface area contributed by atoms with E-state index in [1.807, 2.05) is 0 Å². The Morgan fingerprint density at radius 2 is 2.06 bits per heavy atom. The number of rotatable bonds is 4. The van der Waals surface area contributed by atoms with Crippen LogP contribution in [0.1, 0.15) is 19.4 Å². The molecule has 4 nitrogen and oxygen atoms in total. The van der Waals surface area contributed by atoms with Crippen molar-refractivity contribution in [3.63, 3.8) is 0 Å². The minimum atomic E-state index is -0.865. The third kappa shape index (κ3) is 3.51. The minimum Gasteiger partial charge on any atom is -0.506 e. The second-order valence-corrected chi connectivity index (χ2v) is 5.21. The van der Waals surface area contributed by atoms with Crippen LogP contribution in [-0.2, 0) is 16.1 Å². The van der Waals surface area contributed by atoms with Crippen LogP contribution in [0.4, 0.5) is 0 Å². The monoisotopic (exact) mass is 291 g/mol. The van der Waals surface area contributed by atoms with Crippen LogP contribution < -0.4 is 5.32 Å². The number of carbonyl (C=O) groups excluding carboxylic acids is 1. The number of esters is 1. The van der Waals surface area contributed by atoms with E-state index in [4.69, 9.17) is 23.2 Å². The van der Waals surface area contributed by atoms with Crippen molar-refractivity contribution in [3.05, 3.63) is 27.7 Å². The van der Waals surface area contributed by atoms with Crippen molar-refractivity contribution in [2.24, 2.45) is 0 Å². The summed E-state index contributed by atoms with van der Waals surface area (Å²) >= 11 is 11.7. The van der Waals surface area contributed by atoms with Gasteiger partial charge in [-0.2, -0.15) is 0 Å². The Hall–Kier alpha value is -0.970. The summed E-state index contributed by atoms with van der Waals surface area (Å²) in [6, 6.07) is 3.04. The van der Waals surface area contributed by atoms with E-state index in [-0.39, 0.29) is 17.3 Å². The summed E-state index contributed by atoms with van der Waals surface area (Å²) in [5.41, 5.74) is -0.347. The van der Waals surface area contributed by atoms with E-state index in [1.54, 1.807) is 19.9 Å². The van der Waals surface area contributed by atoms with Crippen molar-refractivity contribution in [2.75, 3.05) is 7.11 Å². The molecule has 0 radical (unpaired) electrons. The molecular weight excluding hydrogens is 277 g/mol. The van der Waals surface area contributed by atoms with E-state index in [1.165, 1.54) is 13.2 Å². The fraction of sp³-hybridized carbons (Fsp3) is 0.417. The number of phenols is 1. The van der Waals surface area contributed by atoms with Crippen LogP contribution in [0, 0.1) is 0 Å². The Balaban J connectivity index is 2.84.